The highest BCUT2D eigenvalue weighted by atomic mass is 14.9. The number of aromatic nitrogens is 2. The van der Waals surface area contributed by atoms with E-state index in [4.69, 9.17) is 0 Å². The summed E-state index contributed by atoms with van der Waals surface area (Å²) < 4.78 is 0. The molecule has 0 aliphatic heterocycles. The maximum atomic E-state index is 4.42. The van der Waals surface area contributed by atoms with Crippen molar-refractivity contribution in [3.8, 4) is 0 Å². The molecule has 0 amide bonds. The molecular formula is C13H10N2. The zero-order valence-electron chi connectivity index (χ0n) is 8.25. The van der Waals surface area contributed by atoms with Crippen LogP contribution in [0, 0.1) is 0 Å². The quantitative estimate of drug-likeness (QED) is 0.585. The molecule has 1 N–H and O–H groups in total. The summed E-state index contributed by atoms with van der Waals surface area (Å²) in [5.74, 6) is 0. The van der Waals surface area contributed by atoms with Crippen LogP contribution in [0.5, 0.6) is 0 Å². The monoisotopic (exact) mass is 194 g/mol. The number of aryl methyl sites for hydroxylation is 2. The molecule has 2 nitrogen and oxygen atoms in total. The van der Waals surface area contributed by atoms with E-state index in [9.17, 15) is 0 Å². The van der Waals surface area contributed by atoms with Crippen molar-refractivity contribution in [3.05, 3.63) is 41.7 Å². The third-order valence-electron chi connectivity index (χ3n) is 3.38. The van der Waals surface area contributed by atoms with Gasteiger partial charge in [-0.25, -0.2) is 4.98 Å². The zero-order chi connectivity index (χ0) is 9.83. The molecule has 0 atom stereocenters. The van der Waals surface area contributed by atoms with Gasteiger partial charge in [0.2, 0.25) is 0 Å². The average molecular weight is 194 g/mol. The first-order valence-electron chi connectivity index (χ1n) is 5.30. The number of hydrogen-bond donors (Lipinski definition) is 1. The van der Waals surface area contributed by atoms with Gasteiger partial charge in [0.1, 0.15) is 0 Å². The largest absolute Gasteiger partial charge is 0.345 e. The van der Waals surface area contributed by atoms with Crippen LogP contribution in [0.25, 0.3) is 21.8 Å². The minimum absolute atomic E-state index is 1.14. The Bertz CT molecular complexity index is 679. The van der Waals surface area contributed by atoms with Crippen molar-refractivity contribution in [2.75, 3.05) is 0 Å². The van der Waals surface area contributed by atoms with E-state index >= 15 is 0 Å². The lowest BCUT2D eigenvalue weighted by atomic mass is 10.0. The van der Waals surface area contributed by atoms with Crippen LogP contribution in [0.1, 0.15) is 11.1 Å². The smallest absolute Gasteiger partial charge is 0.0932 e. The Morgan fingerprint density at radius 3 is 3.20 bits per heavy atom. The van der Waals surface area contributed by atoms with Crippen LogP contribution < -0.4 is 0 Å². The van der Waals surface area contributed by atoms with E-state index in [1.165, 1.54) is 28.3 Å². The summed E-state index contributed by atoms with van der Waals surface area (Å²) in [6.45, 7) is 0. The van der Waals surface area contributed by atoms with Crippen molar-refractivity contribution in [2.24, 2.45) is 0 Å². The van der Waals surface area contributed by atoms with Crippen LogP contribution in [0.3, 0.4) is 0 Å². The maximum absolute atomic E-state index is 4.42. The average Bonchev–Trinajstić information content (AvgIpc) is 2.85. The van der Waals surface area contributed by atoms with Crippen LogP contribution in [0.2, 0.25) is 0 Å². The highest BCUT2D eigenvalue weighted by Gasteiger charge is 2.17. The Hall–Kier alpha value is -1.83. The Morgan fingerprint density at radius 1 is 1.20 bits per heavy atom. The summed E-state index contributed by atoms with van der Waals surface area (Å²) in [6.07, 6.45) is 4.09. The summed E-state index contributed by atoms with van der Waals surface area (Å²) in [5.41, 5.74) is 5.23. The van der Waals surface area contributed by atoms with Gasteiger partial charge in [0.15, 0.2) is 0 Å². The fourth-order valence-electron chi connectivity index (χ4n) is 2.75. The maximum Gasteiger partial charge on any atom is 0.0932 e. The summed E-state index contributed by atoms with van der Waals surface area (Å²) in [6, 6.07) is 8.77. The number of benzene rings is 2. The van der Waals surface area contributed by atoms with Crippen molar-refractivity contribution in [1.29, 1.82) is 0 Å². The molecule has 0 fully saturated rings. The van der Waals surface area contributed by atoms with Crippen molar-refractivity contribution in [2.45, 2.75) is 12.8 Å². The van der Waals surface area contributed by atoms with Crippen molar-refractivity contribution >= 4 is 21.8 Å². The van der Waals surface area contributed by atoms with Crippen molar-refractivity contribution < 1.29 is 0 Å². The molecule has 1 aromatic heterocycles. The fourth-order valence-corrected chi connectivity index (χ4v) is 2.75. The molecule has 1 aliphatic carbocycles. The van der Waals surface area contributed by atoms with Gasteiger partial charge in [0.25, 0.3) is 0 Å². The molecule has 0 spiro atoms. The lowest BCUT2D eigenvalue weighted by molar-refractivity contribution is 1.03. The van der Waals surface area contributed by atoms with E-state index in [2.05, 4.69) is 34.2 Å². The molecule has 4 rings (SSSR count). The van der Waals surface area contributed by atoms with Crippen LogP contribution in [0.15, 0.2) is 30.6 Å². The van der Waals surface area contributed by atoms with Gasteiger partial charge in [0, 0.05) is 0 Å². The van der Waals surface area contributed by atoms with E-state index in [0.29, 0.717) is 0 Å². The molecule has 0 bridgehead atoms. The molecule has 72 valence electrons. The SMILES string of the molecule is c1cc2c3c(c4nc[nH]c4cc3c1)CC2. The number of aromatic amines is 1. The first-order valence-corrected chi connectivity index (χ1v) is 5.30. The van der Waals surface area contributed by atoms with Gasteiger partial charge >= 0.3 is 0 Å². The van der Waals surface area contributed by atoms with Crippen LogP contribution in [0.4, 0.5) is 0 Å². The number of fused-ring (bicyclic) bond motifs is 2. The molecule has 1 aliphatic rings. The minimum atomic E-state index is 1.14. The standard InChI is InChI=1S/C13H10N2/c1-2-8-4-5-10-12(8)9(3-1)6-11-13(10)15-7-14-11/h1-3,6-7H,4-5H2,(H,14,15). The van der Waals surface area contributed by atoms with E-state index in [-0.39, 0.29) is 0 Å². The summed E-state index contributed by atoms with van der Waals surface area (Å²) in [5, 5.41) is 2.79. The van der Waals surface area contributed by atoms with Gasteiger partial charge in [0.05, 0.1) is 17.4 Å². The van der Waals surface area contributed by atoms with Crippen molar-refractivity contribution in [1.82, 2.24) is 9.97 Å². The lowest BCUT2D eigenvalue weighted by Gasteiger charge is -2.02. The number of nitrogens with zero attached hydrogens (tertiary/aromatic N) is 1. The van der Waals surface area contributed by atoms with Gasteiger partial charge in [-0.1, -0.05) is 18.2 Å². The zero-order valence-corrected chi connectivity index (χ0v) is 8.25. The molecule has 2 heteroatoms. The number of hydrogen-bond acceptors (Lipinski definition) is 1. The Balaban J connectivity index is 2.37. The predicted octanol–water partition coefficient (Wildman–Crippen LogP) is 2.81. The normalized spacial score (nSPS) is 14.1. The van der Waals surface area contributed by atoms with E-state index in [0.717, 1.165) is 17.5 Å². The van der Waals surface area contributed by atoms with Gasteiger partial charge in [-0.15, -0.1) is 0 Å². The Kier molecular flexibility index (Phi) is 1.19. The number of nitrogens with one attached hydrogen (secondary N) is 1. The summed E-state index contributed by atoms with van der Waals surface area (Å²) in [7, 11) is 0. The number of rotatable bonds is 0. The molecule has 2 aromatic carbocycles. The number of imidazole rings is 1. The van der Waals surface area contributed by atoms with E-state index < -0.39 is 0 Å². The molecule has 0 radical (unpaired) electrons. The van der Waals surface area contributed by atoms with Gasteiger partial charge in [-0.2, -0.15) is 0 Å². The highest BCUT2D eigenvalue weighted by molar-refractivity contribution is 6.02. The van der Waals surface area contributed by atoms with E-state index in [1.807, 2.05) is 0 Å². The van der Waals surface area contributed by atoms with Crippen LogP contribution in [-0.2, 0) is 12.8 Å². The molecule has 0 unspecified atom stereocenters. The van der Waals surface area contributed by atoms with Gasteiger partial charge < -0.3 is 4.98 Å². The predicted molar refractivity (Wildman–Crippen MR) is 61.0 cm³/mol. The summed E-state index contributed by atoms with van der Waals surface area (Å²) in [4.78, 5) is 7.62. The van der Waals surface area contributed by atoms with Gasteiger partial charge in [-0.3, -0.25) is 0 Å². The number of H-pyrrole nitrogens is 1. The third-order valence-corrected chi connectivity index (χ3v) is 3.38. The minimum Gasteiger partial charge on any atom is -0.345 e. The molecule has 0 saturated heterocycles. The molecule has 15 heavy (non-hydrogen) atoms. The lowest BCUT2D eigenvalue weighted by Crippen LogP contribution is -1.82. The van der Waals surface area contributed by atoms with Crippen LogP contribution in [-0.4, -0.2) is 9.97 Å². The Labute approximate surface area is 86.9 Å². The van der Waals surface area contributed by atoms with E-state index in [1.54, 1.807) is 6.33 Å². The second-order valence-corrected chi connectivity index (χ2v) is 4.17. The van der Waals surface area contributed by atoms with Crippen molar-refractivity contribution in [3.63, 3.8) is 0 Å². The highest BCUT2D eigenvalue weighted by Crippen LogP contribution is 2.34. The molecule has 0 saturated carbocycles. The third kappa shape index (κ3) is 0.820. The fraction of sp³-hybridized carbons (Fsp3) is 0.154. The second kappa shape index (κ2) is 2.40. The van der Waals surface area contributed by atoms with Gasteiger partial charge in [-0.05, 0) is 40.8 Å². The first-order chi connectivity index (χ1) is 7.43. The molecule has 3 aromatic rings. The topological polar surface area (TPSA) is 28.7 Å². The summed E-state index contributed by atoms with van der Waals surface area (Å²) >= 11 is 0. The van der Waals surface area contributed by atoms with Crippen LogP contribution >= 0.6 is 0 Å². The molecular weight excluding hydrogens is 184 g/mol. The first kappa shape index (κ1) is 7.46. The Morgan fingerprint density at radius 2 is 2.20 bits per heavy atom. The second-order valence-electron chi connectivity index (χ2n) is 4.17. The molecule has 1 heterocycles.